The van der Waals surface area contributed by atoms with E-state index in [2.05, 4.69) is 47.4 Å². The van der Waals surface area contributed by atoms with Gasteiger partial charge in [0.05, 0.1) is 25.4 Å². The molecule has 0 amide bonds. The van der Waals surface area contributed by atoms with E-state index < -0.39 is 8.32 Å². The maximum absolute atomic E-state index is 9.08. The summed E-state index contributed by atoms with van der Waals surface area (Å²) in [6.45, 7) is 18.8. The molecule has 1 aliphatic carbocycles. The van der Waals surface area contributed by atoms with Crippen LogP contribution in [0.1, 0.15) is 53.4 Å². The predicted molar refractivity (Wildman–Crippen MR) is 107 cm³/mol. The smallest absolute Gasteiger partial charge is 0.192 e. The van der Waals surface area contributed by atoms with E-state index in [1.54, 1.807) is 0 Å². The average Bonchev–Trinajstić information content (AvgIpc) is 2.90. The molecule has 4 heteroatoms. The third-order valence-electron chi connectivity index (χ3n) is 6.59. The molecule has 0 bridgehead atoms. The molecule has 0 aromatic heterocycles. The first-order valence-corrected chi connectivity index (χ1v) is 12.7. The fraction of sp³-hybridized carbons (Fsp3) is 0.810. The van der Waals surface area contributed by atoms with Crippen LogP contribution in [0.2, 0.25) is 18.1 Å². The Morgan fingerprint density at radius 2 is 2.00 bits per heavy atom. The number of aliphatic hydroxyl groups is 1. The fourth-order valence-corrected chi connectivity index (χ4v) is 5.31. The van der Waals surface area contributed by atoms with Crippen LogP contribution in [0.4, 0.5) is 0 Å². The van der Waals surface area contributed by atoms with Gasteiger partial charge in [-0.25, -0.2) is 0 Å². The third-order valence-corrected chi connectivity index (χ3v) is 11.1. The van der Waals surface area contributed by atoms with E-state index in [1.807, 2.05) is 6.08 Å². The Bertz CT molecular complexity index is 494. The fourth-order valence-electron chi connectivity index (χ4n) is 3.93. The quantitative estimate of drug-likeness (QED) is 0.545. The molecule has 25 heavy (non-hydrogen) atoms. The van der Waals surface area contributed by atoms with Crippen molar-refractivity contribution >= 4 is 8.32 Å². The van der Waals surface area contributed by atoms with Crippen LogP contribution < -0.4 is 0 Å². The van der Waals surface area contributed by atoms with Gasteiger partial charge in [-0.05, 0) is 56.3 Å². The molecule has 2 aliphatic rings. The first-order chi connectivity index (χ1) is 11.6. The van der Waals surface area contributed by atoms with Crippen LogP contribution >= 0.6 is 0 Å². The Hall–Kier alpha value is -0.423. The lowest BCUT2D eigenvalue weighted by Gasteiger charge is -2.43. The molecule has 0 radical (unpaired) electrons. The van der Waals surface area contributed by atoms with Gasteiger partial charge in [-0.1, -0.05) is 39.0 Å². The van der Waals surface area contributed by atoms with Gasteiger partial charge in [0.1, 0.15) is 0 Å². The zero-order valence-corrected chi connectivity index (χ0v) is 18.1. The highest BCUT2D eigenvalue weighted by Gasteiger charge is 2.48. The van der Waals surface area contributed by atoms with Crippen molar-refractivity contribution in [3.63, 3.8) is 0 Å². The molecule has 0 aromatic carbocycles. The molecule has 3 nitrogen and oxygen atoms in total. The number of rotatable bonds is 5. The zero-order chi connectivity index (χ0) is 18.8. The third kappa shape index (κ3) is 4.85. The molecule has 0 aromatic rings. The van der Waals surface area contributed by atoms with Crippen molar-refractivity contribution in [1.82, 2.24) is 0 Å². The minimum Gasteiger partial charge on any atom is -0.413 e. The Balaban J connectivity index is 2.14. The molecule has 1 aliphatic heterocycles. The second-order valence-electron chi connectivity index (χ2n) is 9.47. The molecule has 2 rings (SSSR count). The highest BCUT2D eigenvalue weighted by Crippen LogP contribution is 2.46. The van der Waals surface area contributed by atoms with Gasteiger partial charge in [0.2, 0.25) is 0 Å². The standard InChI is InChI=1S/C21H38O3Si/c1-15(2)17-9-10-18(19-11-8-16(12-13-22)14-23-19)20(17)24-25(6,7)21(3,4)5/h12,17-20,22H,1,8-11,13-14H2,2-7H3/b16-12+/t17-,18-,19+,20+/m1/s1. The summed E-state index contributed by atoms with van der Waals surface area (Å²) >= 11 is 0. The van der Waals surface area contributed by atoms with Gasteiger partial charge in [0, 0.05) is 11.8 Å². The lowest BCUT2D eigenvalue weighted by atomic mass is 9.88. The lowest BCUT2D eigenvalue weighted by molar-refractivity contribution is -0.0355. The molecular formula is C21H38O3Si. The summed E-state index contributed by atoms with van der Waals surface area (Å²) in [5.41, 5.74) is 2.48. The minimum absolute atomic E-state index is 0.113. The van der Waals surface area contributed by atoms with Gasteiger partial charge < -0.3 is 14.3 Å². The molecular weight excluding hydrogens is 328 g/mol. The van der Waals surface area contributed by atoms with Crippen LogP contribution in [0.25, 0.3) is 0 Å². The first kappa shape index (κ1) is 20.9. The van der Waals surface area contributed by atoms with Crippen LogP contribution in [0, 0.1) is 11.8 Å². The number of hydrogen-bond acceptors (Lipinski definition) is 3. The molecule has 4 atom stereocenters. The Morgan fingerprint density at radius 1 is 1.32 bits per heavy atom. The number of hydrogen-bond donors (Lipinski definition) is 1. The maximum Gasteiger partial charge on any atom is 0.192 e. The van der Waals surface area contributed by atoms with Gasteiger partial charge in [0.25, 0.3) is 0 Å². The Morgan fingerprint density at radius 3 is 2.48 bits per heavy atom. The summed E-state index contributed by atoms with van der Waals surface area (Å²) in [5.74, 6) is 0.920. The molecule has 0 spiro atoms. The lowest BCUT2D eigenvalue weighted by Crippen LogP contribution is -2.48. The van der Waals surface area contributed by atoms with Crippen molar-refractivity contribution in [2.75, 3.05) is 13.2 Å². The summed E-state index contributed by atoms with van der Waals surface area (Å²) in [6, 6.07) is 0. The van der Waals surface area contributed by atoms with E-state index in [0.29, 0.717) is 18.4 Å². The Kier molecular flexibility index (Phi) is 6.75. The summed E-state index contributed by atoms with van der Waals surface area (Å²) in [6.07, 6.45) is 6.81. The second-order valence-corrected chi connectivity index (χ2v) is 14.2. The van der Waals surface area contributed by atoms with Crippen molar-refractivity contribution in [2.45, 2.75) is 83.7 Å². The van der Waals surface area contributed by atoms with E-state index in [1.165, 1.54) is 24.0 Å². The summed E-state index contributed by atoms with van der Waals surface area (Å²) < 4.78 is 13.1. The van der Waals surface area contributed by atoms with E-state index >= 15 is 0 Å². The molecule has 2 fully saturated rings. The molecule has 0 unspecified atom stereocenters. The monoisotopic (exact) mass is 366 g/mol. The summed E-state index contributed by atoms with van der Waals surface area (Å²) in [5, 5.41) is 9.29. The van der Waals surface area contributed by atoms with Crippen LogP contribution in [-0.4, -0.2) is 38.8 Å². The van der Waals surface area contributed by atoms with Gasteiger partial charge in [0.15, 0.2) is 8.32 Å². The molecule has 144 valence electrons. The predicted octanol–water partition coefficient (Wildman–Crippen LogP) is 5.08. The summed E-state index contributed by atoms with van der Waals surface area (Å²) in [7, 11) is -1.83. The minimum atomic E-state index is -1.83. The molecule has 1 saturated heterocycles. The summed E-state index contributed by atoms with van der Waals surface area (Å²) in [4.78, 5) is 0. The maximum atomic E-state index is 9.08. The average molecular weight is 367 g/mol. The van der Waals surface area contributed by atoms with Gasteiger partial charge >= 0.3 is 0 Å². The first-order valence-electron chi connectivity index (χ1n) is 9.80. The molecule has 1 heterocycles. The highest BCUT2D eigenvalue weighted by atomic mass is 28.4. The Labute approximate surface area is 155 Å². The van der Waals surface area contributed by atoms with Crippen molar-refractivity contribution in [1.29, 1.82) is 0 Å². The molecule has 1 N–H and O–H groups in total. The van der Waals surface area contributed by atoms with E-state index in [9.17, 15) is 0 Å². The van der Waals surface area contributed by atoms with Crippen molar-refractivity contribution in [3.05, 3.63) is 23.8 Å². The number of aliphatic hydroxyl groups excluding tert-OH is 1. The van der Waals surface area contributed by atoms with Crippen LogP contribution in [0.15, 0.2) is 23.8 Å². The van der Waals surface area contributed by atoms with Crippen molar-refractivity contribution in [2.24, 2.45) is 11.8 Å². The van der Waals surface area contributed by atoms with E-state index in [4.69, 9.17) is 14.3 Å². The van der Waals surface area contributed by atoms with Crippen LogP contribution in [-0.2, 0) is 9.16 Å². The van der Waals surface area contributed by atoms with Crippen molar-refractivity contribution in [3.8, 4) is 0 Å². The SMILES string of the molecule is C=C(C)[C@H]1CC[C@H]([C@@H]2CC/C(=C\CO)CO2)[C@H]1O[Si](C)(C)C(C)(C)C. The highest BCUT2D eigenvalue weighted by molar-refractivity contribution is 6.74. The van der Waals surface area contributed by atoms with E-state index in [-0.39, 0.29) is 23.9 Å². The van der Waals surface area contributed by atoms with Crippen LogP contribution in [0.3, 0.4) is 0 Å². The van der Waals surface area contributed by atoms with Crippen LogP contribution in [0.5, 0.6) is 0 Å². The van der Waals surface area contributed by atoms with E-state index in [0.717, 1.165) is 12.8 Å². The normalized spacial score (nSPS) is 33.0. The van der Waals surface area contributed by atoms with Crippen molar-refractivity contribution < 1.29 is 14.3 Å². The van der Waals surface area contributed by atoms with Gasteiger partial charge in [-0.2, -0.15) is 0 Å². The topological polar surface area (TPSA) is 38.7 Å². The van der Waals surface area contributed by atoms with Gasteiger partial charge in [-0.15, -0.1) is 0 Å². The second kappa shape index (κ2) is 8.08. The zero-order valence-electron chi connectivity index (χ0n) is 17.1. The number of ether oxygens (including phenoxy) is 1. The molecule has 1 saturated carbocycles. The van der Waals surface area contributed by atoms with Gasteiger partial charge in [-0.3, -0.25) is 0 Å². The largest absolute Gasteiger partial charge is 0.413 e.